The van der Waals surface area contributed by atoms with Gasteiger partial charge in [0.2, 0.25) is 10.0 Å². The normalized spacial score (nSPS) is 21.3. The van der Waals surface area contributed by atoms with Gasteiger partial charge in [-0.3, -0.25) is 0 Å². The van der Waals surface area contributed by atoms with Crippen LogP contribution in [0.4, 0.5) is 0 Å². The summed E-state index contributed by atoms with van der Waals surface area (Å²) in [5.74, 6) is 0.297. The van der Waals surface area contributed by atoms with Crippen molar-refractivity contribution in [2.24, 2.45) is 0 Å². The predicted octanol–water partition coefficient (Wildman–Crippen LogP) is 0.0770. The first-order valence-corrected chi connectivity index (χ1v) is 7.38. The third-order valence-corrected chi connectivity index (χ3v) is 5.03. The number of ether oxygens (including phenoxy) is 2. The van der Waals surface area contributed by atoms with Crippen molar-refractivity contribution in [1.82, 2.24) is 4.31 Å². The zero-order valence-corrected chi connectivity index (χ0v) is 11.5. The van der Waals surface area contributed by atoms with Gasteiger partial charge in [-0.2, -0.15) is 4.31 Å². The highest BCUT2D eigenvalue weighted by Crippen LogP contribution is 2.28. The topological polar surface area (TPSA) is 76.1 Å². The van der Waals surface area contributed by atoms with Crippen LogP contribution in [0.15, 0.2) is 29.2 Å². The molecule has 0 radical (unpaired) electrons. The van der Waals surface area contributed by atoms with Crippen molar-refractivity contribution < 1.29 is 23.0 Å². The Bertz CT molecular complexity index is 531. The summed E-state index contributed by atoms with van der Waals surface area (Å²) in [4.78, 5) is 0.109. The molecule has 0 aliphatic carbocycles. The first kappa shape index (κ1) is 14.3. The van der Waals surface area contributed by atoms with Crippen molar-refractivity contribution in [2.45, 2.75) is 10.9 Å². The van der Waals surface area contributed by atoms with E-state index in [1.165, 1.54) is 17.5 Å². The molecule has 0 bridgehead atoms. The maximum absolute atomic E-state index is 12.6. The van der Waals surface area contributed by atoms with Crippen LogP contribution in [0.2, 0.25) is 0 Å². The quantitative estimate of drug-likeness (QED) is 0.848. The van der Waals surface area contributed by atoms with Crippen molar-refractivity contribution in [3.05, 3.63) is 24.3 Å². The molecule has 1 aliphatic rings. The van der Waals surface area contributed by atoms with Crippen molar-refractivity contribution in [2.75, 3.05) is 33.5 Å². The Morgan fingerprint density at radius 3 is 2.89 bits per heavy atom. The van der Waals surface area contributed by atoms with E-state index in [1.807, 2.05) is 0 Å². The lowest BCUT2D eigenvalue weighted by atomic mass is 10.3. The molecule has 0 aromatic heterocycles. The molecule has 1 unspecified atom stereocenters. The number of para-hydroxylation sites is 1. The van der Waals surface area contributed by atoms with Gasteiger partial charge in [0.25, 0.3) is 0 Å². The fraction of sp³-hybridized carbons (Fsp3) is 0.500. The van der Waals surface area contributed by atoms with Gasteiger partial charge in [-0.25, -0.2) is 8.42 Å². The van der Waals surface area contributed by atoms with Gasteiger partial charge in [-0.05, 0) is 12.1 Å². The number of nitrogens with zero attached hydrogens (tertiary/aromatic N) is 1. The van der Waals surface area contributed by atoms with E-state index < -0.39 is 16.1 Å². The average Bonchev–Trinajstić information content (AvgIpc) is 2.47. The third kappa shape index (κ3) is 2.74. The van der Waals surface area contributed by atoms with Gasteiger partial charge in [0.1, 0.15) is 10.6 Å². The van der Waals surface area contributed by atoms with Crippen LogP contribution in [0, 0.1) is 0 Å². The smallest absolute Gasteiger partial charge is 0.247 e. The zero-order valence-electron chi connectivity index (χ0n) is 10.7. The molecule has 19 heavy (non-hydrogen) atoms. The Balaban J connectivity index is 2.40. The number of methoxy groups -OCH3 is 1. The number of sulfonamides is 1. The third-order valence-electron chi connectivity index (χ3n) is 3.04. The van der Waals surface area contributed by atoms with Crippen LogP contribution in [0.5, 0.6) is 5.75 Å². The Labute approximate surface area is 112 Å². The van der Waals surface area contributed by atoms with E-state index in [1.54, 1.807) is 18.2 Å². The maximum Gasteiger partial charge on any atom is 0.247 e. The predicted molar refractivity (Wildman–Crippen MR) is 68.6 cm³/mol. The molecule has 2 rings (SSSR count). The molecule has 7 heteroatoms. The van der Waals surface area contributed by atoms with Gasteiger partial charge >= 0.3 is 0 Å². The summed E-state index contributed by atoms with van der Waals surface area (Å²) < 4.78 is 36.8. The van der Waals surface area contributed by atoms with E-state index in [9.17, 15) is 13.5 Å². The molecular weight excluding hydrogens is 270 g/mol. The second-order valence-corrected chi connectivity index (χ2v) is 6.04. The van der Waals surface area contributed by atoms with Gasteiger partial charge < -0.3 is 14.6 Å². The molecule has 0 spiro atoms. The fourth-order valence-corrected chi connectivity index (χ4v) is 3.80. The molecule has 0 amide bonds. The summed E-state index contributed by atoms with van der Waals surface area (Å²) in [7, 11) is -2.27. The molecule has 106 valence electrons. The van der Waals surface area contributed by atoms with Crippen LogP contribution in [0.25, 0.3) is 0 Å². The van der Waals surface area contributed by atoms with Gasteiger partial charge in [-0.1, -0.05) is 12.1 Å². The summed E-state index contributed by atoms with van der Waals surface area (Å²) in [5, 5.41) is 9.28. The molecule has 1 aromatic rings. The largest absolute Gasteiger partial charge is 0.495 e. The standard InChI is InChI=1S/C12H17NO5S/c1-17-11-4-2-3-5-12(11)19(15,16)13-6-7-18-9-10(13)8-14/h2-5,10,14H,6-9H2,1H3. The molecule has 1 N–H and O–H groups in total. The van der Waals surface area contributed by atoms with E-state index in [0.29, 0.717) is 12.4 Å². The highest BCUT2D eigenvalue weighted by atomic mass is 32.2. The van der Waals surface area contributed by atoms with Crippen LogP contribution in [0.1, 0.15) is 0 Å². The summed E-state index contributed by atoms with van der Waals surface area (Å²) >= 11 is 0. The van der Waals surface area contributed by atoms with E-state index in [-0.39, 0.29) is 24.7 Å². The molecule has 1 aromatic carbocycles. The minimum absolute atomic E-state index is 0.109. The second-order valence-electron chi connectivity index (χ2n) is 4.18. The Kier molecular flexibility index (Phi) is 4.41. The SMILES string of the molecule is COc1ccccc1S(=O)(=O)N1CCOCC1CO. The van der Waals surface area contributed by atoms with Crippen LogP contribution in [0.3, 0.4) is 0 Å². The maximum atomic E-state index is 12.6. The Hall–Kier alpha value is -1.15. The molecular formula is C12H17NO5S. The first-order chi connectivity index (χ1) is 9.11. The van der Waals surface area contributed by atoms with E-state index in [4.69, 9.17) is 9.47 Å². The molecule has 1 atom stereocenters. The minimum Gasteiger partial charge on any atom is -0.495 e. The van der Waals surface area contributed by atoms with Gasteiger partial charge in [-0.15, -0.1) is 0 Å². The van der Waals surface area contributed by atoms with Crippen LogP contribution in [-0.2, 0) is 14.8 Å². The van der Waals surface area contributed by atoms with Crippen LogP contribution >= 0.6 is 0 Å². The fourth-order valence-electron chi connectivity index (χ4n) is 2.06. The number of benzene rings is 1. The molecule has 1 aliphatic heterocycles. The molecule has 1 heterocycles. The summed E-state index contributed by atoms with van der Waals surface area (Å²) in [5.41, 5.74) is 0. The van der Waals surface area contributed by atoms with Crippen LogP contribution in [-0.4, -0.2) is 57.3 Å². The Morgan fingerprint density at radius 1 is 1.47 bits per heavy atom. The second kappa shape index (κ2) is 5.87. The Morgan fingerprint density at radius 2 is 2.21 bits per heavy atom. The van der Waals surface area contributed by atoms with E-state index in [2.05, 4.69) is 0 Å². The molecule has 1 saturated heterocycles. The van der Waals surface area contributed by atoms with Gasteiger partial charge in [0.15, 0.2) is 0 Å². The minimum atomic E-state index is -3.70. The molecule has 0 saturated carbocycles. The number of hydrogen-bond donors (Lipinski definition) is 1. The number of hydrogen-bond acceptors (Lipinski definition) is 5. The van der Waals surface area contributed by atoms with Crippen molar-refractivity contribution in [3.63, 3.8) is 0 Å². The number of aliphatic hydroxyl groups is 1. The van der Waals surface area contributed by atoms with Crippen molar-refractivity contribution >= 4 is 10.0 Å². The summed E-state index contributed by atoms with van der Waals surface area (Å²) in [6.07, 6.45) is 0. The van der Waals surface area contributed by atoms with Crippen LogP contribution < -0.4 is 4.74 Å². The van der Waals surface area contributed by atoms with Crippen molar-refractivity contribution in [1.29, 1.82) is 0 Å². The number of rotatable bonds is 4. The summed E-state index contributed by atoms with van der Waals surface area (Å²) in [6.45, 7) is 0.482. The highest BCUT2D eigenvalue weighted by molar-refractivity contribution is 7.89. The highest BCUT2D eigenvalue weighted by Gasteiger charge is 2.35. The summed E-state index contributed by atoms with van der Waals surface area (Å²) in [6, 6.07) is 5.90. The monoisotopic (exact) mass is 287 g/mol. The first-order valence-electron chi connectivity index (χ1n) is 5.94. The zero-order chi connectivity index (χ0) is 13.9. The average molecular weight is 287 g/mol. The molecule has 6 nitrogen and oxygen atoms in total. The van der Waals surface area contributed by atoms with E-state index in [0.717, 1.165) is 0 Å². The van der Waals surface area contributed by atoms with Gasteiger partial charge in [0, 0.05) is 6.54 Å². The lowest BCUT2D eigenvalue weighted by Crippen LogP contribution is -2.50. The molecule has 1 fully saturated rings. The van der Waals surface area contributed by atoms with Gasteiger partial charge in [0.05, 0.1) is 33.0 Å². The lowest BCUT2D eigenvalue weighted by Gasteiger charge is -2.33. The number of aliphatic hydroxyl groups excluding tert-OH is 1. The lowest BCUT2D eigenvalue weighted by molar-refractivity contribution is 0.0108. The van der Waals surface area contributed by atoms with E-state index >= 15 is 0 Å². The van der Waals surface area contributed by atoms with Crippen molar-refractivity contribution in [3.8, 4) is 5.75 Å². The number of morpholine rings is 1.